The van der Waals surface area contributed by atoms with Crippen LogP contribution in [-0.4, -0.2) is 17.2 Å². The molecule has 0 spiro atoms. The Morgan fingerprint density at radius 2 is 1.83 bits per heavy atom. The maximum atomic E-state index is 12.8. The normalized spacial score (nSPS) is 16.1. The molecule has 2 unspecified atom stereocenters. The summed E-state index contributed by atoms with van der Waals surface area (Å²) in [5.74, 6) is -1.20. The Morgan fingerprint density at radius 1 is 1.33 bits per heavy atom. The lowest BCUT2D eigenvalue weighted by Gasteiger charge is -2.13. The first kappa shape index (κ1) is 11.4. The Morgan fingerprint density at radius 3 is 2.17 bits per heavy atom. The second-order valence-electron chi connectivity index (χ2n) is 3.69. The van der Waals surface area contributed by atoms with Crippen molar-refractivity contribution in [3.05, 3.63) is 0 Å². The van der Waals surface area contributed by atoms with Crippen LogP contribution < -0.4 is 0 Å². The Hall–Kier alpha value is -0.600. The zero-order valence-electron chi connectivity index (χ0n) is 7.88. The molecule has 0 fully saturated rings. The number of carboxylic acid groups (broad SMARTS) is 1. The molecule has 72 valence electrons. The molecule has 0 saturated carbocycles. The summed E-state index contributed by atoms with van der Waals surface area (Å²) in [4.78, 5) is 10.2. The van der Waals surface area contributed by atoms with Crippen molar-refractivity contribution in [2.45, 2.75) is 39.8 Å². The van der Waals surface area contributed by atoms with Crippen LogP contribution in [0, 0.1) is 11.8 Å². The molecule has 0 aromatic carbocycles. The number of carboxylic acids is 1. The summed E-state index contributed by atoms with van der Waals surface area (Å²) in [6.07, 6.45) is -0.177. The first-order valence-corrected chi connectivity index (χ1v) is 4.32. The first-order valence-electron chi connectivity index (χ1n) is 4.32. The second-order valence-corrected chi connectivity index (χ2v) is 3.69. The number of aliphatic carboxylic acids is 1. The van der Waals surface area contributed by atoms with E-state index in [2.05, 4.69) is 0 Å². The van der Waals surface area contributed by atoms with Crippen molar-refractivity contribution >= 4 is 5.97 Å². The van der Waals surface area contributed by atoms with Crippen LogP contribution in [0.2, 0.25) is 0 Å². The van der Waals surface area contributed by atoms with E-state index in [-0.39, 0.29) is 5.92 Å². The molecule has 0 bridgehead atoms. The van der Waals surface area contributed by atoms with Crippen LogP contribution >= 0.6 is 0 Å². The van der Waals surface area contributed by atoms with Crippen molar-refractivity contribution in [2.75, 3.05) is 0 Å². The van der Waals surface area contributed by atoms with Crippen LogP contribution in [0.15, 0.2) is 0 Å². The van der Waals surface area contributed by atoms with Crippen LogP contribution in [-0.2, 0) is 4.79 Å². The van der Waals surface area contributed by atoms with Crippen LogP contribution in [0.4, 0.5) is 4.39 Å². The lowest BCUT2D eigenvalue weighted by Crippen LogP contribution is -2.23. The molecular formula is C9H17FO2. The molecule has 0 aliphatic rings. The van der Waals surface area contributed by atoms with E-state index in [4.69, 9.17) is 5.11 Å². The highest BCUT2D eigenvalue weighted by atomic mass is 19.1. The summed E-state index contributed by atoms with van der Waals surface area (Å²) in [6.45, 7) is 5.72. The first-order chi connectivity index (χ1) is 5.45. The van der Waals surface area contributed by atoms with E-state index in [1.807, 2.05) is 13.8 Å². The fraction of sp³-hybridized carbons (Fsp3) is 0.889. The zero-order valence-corrected chi connectivity index (χ0v) is 7.88. The summed E-state index contributed by atoms with van der Waals surface area (Å²) in [7, 11) is 0. The SMILES string of the molecule is CC(C)CCC(C)C(F)C(=O)O. The molecule has 0 amide bonds. The number of rotatable bonds is 5. The third kappa shape index (κ3) is 4.31. The van der Waals surface area contributed by atoms with Crippen LogP contribution in [0.5, 0.6) is 0 Å². The number of halogens is 1. The van der Waals surface area contributed by atoms with Gasteiger partial charge in [-0.1, -0.05) is 27.2 Å². The van der Waals surface area contributed by atoms with E-state index in [9.17, 15) is 9.18 Å². The van der Waals surface area contributed by atoms with Crippen LogP contribution in [0.1, 0.15) is 33.6 Å². The average Bonchev–Trinajstić information content (AvgIpc) is 1.98. The van der Waals surface area contributed by atoms with Gasteiger partial charge in [0.15, 0.2) is 6.17 Å². The lowest BCUT2D eigenvalue weighted by atomic mass is 9.96. The van der Waals surface area contributed by atoms with Crippen molar-refractivity contribution < 1.29 is 14.3 Å². The van der Waals surface area contributed by atoms with E-state index < -0.39 is 12.1 Å². The second kappa shape index (κ2) is 5.12. The van der Waals surface area contributed by atoms with E-state index in [1.54, 1.807) is 6.92 Å². The van der Waals surface area contributed by atoms with Crippen molar-refractivity contribution in [2.24, 2.45) is 11.8 Å². The molecule has 0 saturated heterocycles. The van der Waals surface area contributed by atoms with Gasteiger partial charge in [-0.3, -0.25) is 0 Å². The van der Waals surface area contributed by atoms with Gasteiger partial charge in [0.1, 0.15) is 0 Å². The Kier molecular flexibility index (Phi) is 4.86. The van der Waals surface area contributed by atoms with Gasteiger partial charge in [0.2, 0.25) is 0 Å². The van der Waals surface area contributed by atoms with Crippen molar-refractivity contribution in [3.8, 4) is 0 Å². The van der Waals surface area contributed by atoms with Gasteiger partial charge >= 0.3 is 5.97 Å². The zero-order chi connectivity index (χ0) is 9.72. The predicted octanol–water partition coefficient (Wildman–Crippen LogP) is 2.48. The van der Waals surface area contributed by atoms with E-state index >= 15 is 0 Å². The highest BCUT2D eigenvalue weighted by molar-refractivity contribution is 5.72. The monoisotopic (exact) mass is 176 g/mol. The molecule has 0 rings (SSSR count). The van der Waals surface area contributed by atoms with Gasteiger partial charge in [-0.15, -0.1) is 0 Å². The highest BCUT2D eigenvalue weighted by Gasteiger charge is 2.23. The summed E-state index contributed by atoms with van der Waals surface area (Å²) in [6, 6.07) is 0. The third-order valence-corrected chi connectivity index (χ3v) is 1.93. The summed E-state index contributed by atoms with van der Waals surface area (Å²) < 4.78 is 12.8. The average molecular weight is 176 g/mol. The minimum atomic E-state index is -1.70. The number of hydrogen-bond donors (Lipinski definition) is 1. The molecule has 0 heterocycles. The maximum absolute atomic E-state index is 12.8. The van der Waals surface area contributed by atoms with Crippen LogP contribution in [0.25, 0.3) is 0 Å². The molecule has 0 radical (unpaired) electrons. The van der Waals surface area contributed by atoms with E-state index in [0.717, 1.165) is 6.42 Å². The fourth-order valence-corrected chi connectivity index (χ4v) is 0.986. The molecule has 3 heteroatoms. The molecule has 12 heavy (non-hydrogen) atoms. The van der Waals surface area contributed by atoms with Gasteiger partial charge in [0.05, 0.1) is 0 Å². The minimum absolute atomic E-state index is 0.370. The Labute approximate surface area is 72.8 Å². The molecule has 2 nitrogen and oxygen atoms in total. The topological polar surface area (TPSA) is 37.3 Å². The highest BCUT2D eigenvalue weighted by Crippen LogP contribution is 2.17. The molecule has 1 N–H and O–H groups in total. The smallest absolute Gasteiger partial charge is 0.338 e. The van der Waals surface area contributed by atoms with Crippen molar-refractivity contribution in [1.29, 1.82) is 0 Å². The fourth-order valence-electron chi connectivity index (χ4n) is 0.986. The molecule has 0 aromatic heterocycles. The number of alkyl halides is 1. The van der Waals surface area contributed by atoms with Crippen molar-refractivity contribution in [3.63, 3.8) is 0 Å². The van der Waals surface area contributed by atoms with Gasteiger partial charge in [-0.05, 0) is 18.3 Å². The van der Waals surface area contributed by atoms with Gasteiger partial charge in [-0.2, -0.15) is 0 Å². The minimum Gasteiger partial charge on any atom is -0.479 e. The predicted molar refractivity (Wildman–Crippen MR) is 45.8 cm³/mol. The Balaban J connectivity index is 3.71. The van der Waals surface area contributed by atoms with Gasteiger partial charge in [0, 0.05) is 0 Å². The quantitative estimate of drug-likeness (QED) is 0.698. The maximum Gasteiger partial charge on any atom is 0.338 e. The largest absolute Gasteiger partial charge is 0.479 e. The molecular weight excluding hydrogens is 159 g/mol. The number of carbonyl (C=O) groups is 1. The summed E-state index contributed by atoms with van der Waals surface area (Å²) in [5, 5.41) is 8.34. The summed E-state index contributed by atoms with van der Waals surface area (Å²) >= 11 is 0. The lowest BCUT2D eigenvalue weighted by molar-refractivity contribution is -0.144. The van der Waals surface area contributed by atoms with Gasteiger partial charge in [-0.25, -0.2) is 9.18 Å². The van der Waals surface area contributed by atoms with Crippen LogP contribution in [0.3, 0.4) is 0 Å². The van der Waals surface area contributed by atoms with Gasteiger partial charge in [0.25, 0.3) is 0 Å². The van der Waals surface area contributed by atoms with E-state index in [1.165, 1.54) is 0 Å². The molecule has 0 aliphatic carbocycles. The van der Waals surface area contributed by atoms with Crippen molar-refractivity contribution in [1.82, 2.24) is 0 Å². The standard InChI is InChI=1S/C9H17FO2/c1-6(2)4-5-7(3)8(10)9(11)12/h6-8H,4-5H2,1-3H3,(H,11,12). The summed E-state index contributed by atoms with van der Waals surface area (Å²) in [5.41, 5.74) is 0. The molecule has 2 atom stereocenters. The third-order valence-electron chi connectivity index (χ3n) is 1.93. The Bertz CT molecular complexity index is 145. The number of hydrogen-bond acceptors (Lipinski definition) is 1. The van der Waals surface area contributed by atoms with Gasteiger partial charge < -0.3 is 5.11 Å². The molecule has 0 aromatic rings. The molecule has 0 aliphatic heterocycles. The van der Waals surface area contributed by atoms with E-state index in [0.29, 0.717) is 12.3 Å².